The van der Waals surface area contributed by atoms with Crippen LogP contribution in [-0.4, -0.2) is 29.2 Å². The van der Waals surface area contributed by atoms with E-state index in [2.05, 4.69) is 15.9 Å². The maximum absolute atomic E-state index is 11.8. The highest BCUT2D eigenvalue weighted by atomic mass is 79.9. The third-order valence-corrected chi connectivity index (χ3v) is 2.64. The number of carbonyl (C=O) groups excluding carboxylic acids is 1. The van der Waals surface area contributed by atoms with Gasteiger partial charge in [0.25, 0.3) is 0 Å². The van der Waals surface area contributed by atoms with Gasteiger partial charge in [0.05, 0.1) is 6.42 Å². The van der Waals surface area contributed by atoms with E-state index in [1.54, 1.807) is 0 Å². The number of amides is 1. The van der Waals surface area contributed by atoms with Crippen LogP contribution in [0, 0.1) is 0 Å². The molecule has 0 aliphatic heterocycles. The van der Waals surface area contributed by atoms with Gasteiger partial charge < -0.3 is 4.90 Å². The first kappa shape index (κ1) is 12.2. The van der Waals surface area contributed by atoms with Crippen molar-refractivity contribution in [1.82, 2.24) is 4.90 Å². The van der Waals surface area contributed by atoms with Crippen molar-refractivity contribution in [2.24, 2.45) is 0 Å². The molecule has 3 heteroatoms. The monoisotopic (exact) mass is 269 g/mol. The number of nitrogens with zero attached hydrogens (tertiary/aromatic N) is 1. The molecule has 0 bridgehead atoms. The summed E-state index contributed by atoms with van der Waals surface area (Å²) in [6.07, 6.45) is 0.502. The molecule has 1 amide bonds. The summed E-state index contributed by atoms with van der Waals surface area (Å²) >= 11 is 3.35. The van der Waals surface area contributed by atoms with E-state index in [-0.39, 0.29) is 5.91 Å². The van der Waals surface area contributed by atoms with Crippen molar-refractivity contribution < 1.29 is 4.79 Å². The first-order chi connectivity index (χ1) is 7.27. The molecule has 1 aromatic rings. The van der Waals surface area contributed by atoms with Gasteiger partial charge in [0.2, 0.25) is 5.91 Å². The van der Waals surface area contributed by atoms with Gasteiger partial charge in [-0.3, -0.25) is 4.79 Å². The van der Waals surface area contributed by atoms with Gasteiger partial charge in [0, 0.05) is 18.4 Å². The average molecular weight is 270 g/mol. The van der Waals surface area contributed by atoms with Gasteiger partial charge in [-0.1, -0.05) is 46.3 Å². The molecule has 0 N–H and O–H groups in total. The number of carbonyl (C=O) groups is 1. The van der Waals surface area contributed by atoms with E-state index in [1.807, 2.05) is 42.2 Å². The molecule has 0 heterocycles. The van der Waals surface area contributed by atoms with Crippen LogP contribution in [0.3, 0.4) is 0 Å². The molecule has 0 atom stereocenters. The predicted molar refractivity (Wildman–Crippen MR) is 66.2 cm³/mol. The molecule has 15 heavy (non-hydrogen) atoms. The van der Waals surface area contributed by atoms with E-state index >= 15 is 0 Å². The largest absolute Gasteiger partial charge is 0.342 e. The van der Waals surface area contributed by atoms with Crippen LogP contribution >= 0.6 is 15.9 Å². The minimum atomic E-state index is 0.197. The zero-order valence-electron chi connectivity index (χ0n) is 8.95. The second kappa shape index (κ2) is 6.62. The highest BCUT2D eigenvalue weighted by Gasteiger charge is 2.10. The summed E-state index contributed by atoms with van der Waals surface area (Å²) in [5.41, 5.74) is 1.08. The third-order valence-electron chi connectivity index (χ3n) is 2.29. The van der Waals surface area contributed by atoms with Crippen molar-refractivity contribution in [3.05, 3.63) is 35.9 Å². The van der Waals surface area contributed by atoms with E-state index in [4.69, 9.17) is 0 Å². The lowest BCUT2D eigenvalue weighted by atomic mass is 10.1. The number of likely N-dealkylation sites (N-methyl/N-ethyl adjacent to an activating group) is 1. The summed E-state index contributed by atoms with van der Waals surface area (Å²) in [6.45, 7) is 3.56. The molecular weight excluding hydrogens is 254 g/mol. The molecule has 0 aliphatic rings. The first-order valence-electron chi connectivity index (χ1n) is 5.15. The summed E-state index contributed by atoms with van der Waals surface area (Å²) < 4.78 is 0. The molecular formula is C12H16BrNO. The van der Waals surface area contributed by atoms with Gasteiger partial charge in [-0.25, -0.2) is 0 Å². The fourth-order valence-corrected chi connectivity index (χ4v) is 1.87. The molecule has 0 aliphatic carbocycles. The smallest absolute Gasteiger partial charge is 0.227 e. The maximum Gasteiger partial charge on any atom is 0.227 e. The Balaban J connectivity index is 2.54. The number of halogens is 1. The van der Waals surface area contributed by atoms with E-state index in [0.717, 1.165) is 24.0 Å². The lowest BCUT2D eigenvalue weighted by molar-refractivity contribution is -0.130. The van der Waals surface area contributed by atoms with E-state index in [9.17, 15) is 4.79 Å². The number of alkyl halides is 1. The van der Waals surface area contributed by atoms with Crippen LogP contribution < -0.4 is 0 Å². The van der Waals surface area contributed by atoms with Gasteiger partial charge in [0.1, 0.15) is 0 Å². The predicted octanol–water partition coefficient (Wildman–Crippen LogP) is 2.47. The topological polar surface area (TPSA) is 20.3 Å². The van der Waals surface area contributed by atoms with Crippen LogP contribution in [0.5, 0.6) is 0 Å². The Morgan fingerprint density at radius 2 is 2.00 bits per heavy atom. The van der Waals surface area contributed by atoms with E-state index < -0.39 is 0 Å². The lowest BCUT2D eigenvalue weighted by Crippen LogP contribution is -2.33. The number of benzene rings is 1. The minimum absolute atomic E-state index is 0.197. The highest BCUT2D eigenvalue weighted by Crippen LogP contribution is 2.03. The third kappa shape index (κ3) is 4.04. The molecule has 1 aromatic carbocycles. The first-order valence-corrected chi connectivity index (χ1v) is 6.27. The molecule has 0 spiro atoms. The average Bonchev–Trinajstić information content (AvgIpc) is 2.27. The Labute approximate surface area is 99.4 Å². The van der Waals surface area contributed by atoms with Crippen molar-refractivity contribution in [2.75, 3.05) is 18.4 Å². The molecule has 0 aromatic heterocycles. The van der Waals surface area contributed by atoms with Crippen molar-refractivity contribution in [1.29, 1.82) is 0 Å². The quantitative estimate of drug-likeness (QED) is 0.753. The number of hydrogen-bond acceptors (Lipinski definition) is 1. The Morgan fingerprint density at radius 3 is 2.53 bits per heavy atom. The van der Waals surface area contributed by atoms with Gasteiger partial charge in [0.15, 0.2) is 0 Å². The zero-order valence-corrected chi connectivity index (χ0v) is 10.5. The molecule has 0 fully saturated rings. The Morgan fingerprint density at radius 1 is 1.33 bits per heavy atom. The molecule has 1 rings (SSSR count). The van der Waals surface area contributed by atoms with Crippen LogP contribution in [-0.2, 0) is 11.2 Å². The van der Waals surface area contributed by atoms with Crippen LogP contribution in [0.15, 0.2) is 30.3 Å². The van der Waals surface area contributed by atoms with Gasteiger partial charge in [-0.2, -0.15) is 0 Å². The zero-order chi connectivity index (χ0) is 11.1. The maximum atomic E-state index is 11.8. The molecule has 2 nitrogen and oxygen atoms in total. The molecule has 0 saturated heterocycles. The highest BCUT2D eigenvalue weighted by molar-refractivity contribution is 9.09. The second-order valence-electron chi connectivity index (χ2n) is 3.32. The van der Waals surface area contributed by atoms with Gasteiger partial charge in [-0.05, 0) is 12.5 Å². The van der Waals surface area contributed by atoms with Crippen molar-refractivity contribution in [3.8, 4) is 0 Å². The van der Waals surface area contributed by atoms with E-state index in [0.29, 0.717) is 6.42 Å². The Hall–Kier alpha value is -0.830. The van der Waals surface area contributed by atoms with Gasteiger partial charge >= 0.3 is 0 Å². The second-order valence-corrected chi connectivity index (χ2v) is 4.12. The lowest BCUT2D eigenvalue weighted by Gasteiger charge is -2.19. The standard InChI is InChI=1S/C12H16BrNO/c1-2-14(9-8-13)12(15)10-11-6-4-3-5-7-11/h3-7H,2,8-10H2,1H3. The summed E-state index contributed by atoms with van der Waals surface area (Å²) in [5.74, 6) is 0.197. The Kier molecular flexibility index (Phi) is 5.40. The van der Waals surface area contributed by atoms with Crippen molar-refractivity contribution in [2.45, 2.75) is 13.3 Å². The molecule has 82 valence electrons. The Bertz CT molecular complexity index is 300. The van der Waals surface area contributed by atoms with Crippen molar-refractivity contribution in [3.63, 3.8) is 0 Å². The van der Waals surface area contributed by atoms with E-state index in [1.165, 1.54) is 0 Å². The van der Waals surface area contributed by atoms with Crippen molar-refractivity contribution >= 4 is 21.8 Å². The van der Waals surface area contributed by atoms with Gasteiger partial charge in [-0.15, -0.1) is 0 Å². The van der Waals surface area contributed by atoms with Crippen LogP contribution in [0.4, 0.5) is 0 Å². The fourth-order valence-electron chi connectivity index (χ4n) is 1.44. The van der Waals surface area contributed by atoms with Crippen LogP contribution in [0.25, 0.3) is 0 Å². The molecule has 0 radical (unpaired) electrons. The van der Waals surface area contributed by atoms with Crippen LogP contribution in [0.2, 0.25) is 0 Å². The summed E-state index contributed by atoms with van der Waals surface area (Å²) in [7, 11) is 0. The normalized spacial score (nSPS) is 10.0. The van der Waals surface area contributed by atoms with Crippen LogP contribution in [0.1, 0.15) is 12.5 Å². The summed E-state index contributed by atoms with van der Waals surface area (Å²) in [5, 5.41) is 0.835. The fraction of sp³-hybridized carbons (Fsp3) is 0.417. The molecule has 0 unspecified atom stereocenters. The summed E-state index contributed by atoms with van der Waals surface area (Å²) in [4.78, 5) is 13.7. The molecule has 0 saturated carbocycles. The summed E-state index contributed by atoms with van der Waals surface area (Å²) in [6, 6.07) is 9.86. The minimum Gasteiger partial charge on any atom is -0.342 e. The number of rotatable bonds is 5. The SMILES string of the molecule is CCN(CCBr)C(=O)Cc1ccccc1. The number of hydrogen-bond donors (Lipinski definition) is 0.